The Bertz CT molecular complexity index is 1010. The summed E-state index contributed by atoms with van der Waals surface area (Å²) in [6.45, 7) is 2.10. The molecule has 1 atom stereocenters. The third kappa shape index (κ3) is 3.76. The Morgan fingerprint density at radius 1 is 1.11 bits per heavy atom. The number of para-hydroxylation sites is 1. The third-order valence-electron chi connectivity index (χ3n) is 5.13. The van der Waals surface area contributed by atoms with Gasteiger partial charge in [0.25, 0.3) is 0 Å². The molecule has 0 radical (unpaired) electrons. The fraction of sp³-hybridized carbons (Fsp3) is 0.286. The first-order valence-electron chi connectivity index (χ1n) is 9.46. The first-order chi connectivity index (χ1) is 13.6. The number of hydrogen-bond donors (Lipinski definition) is 1. The molecule has 1 amide bonds. The minimum absolute atomic E-state index is 0.104. The topological polar surface area (TPSA) is 69.1 Å². The van der Waals surface area contributed by atoms with Gasteiger partial charge in [0.2, 0.25) is 10.7 Å². The molecule has 1 saturated heterocycles. The van der Waals surface area contributed by atoms with Gasteiger partial charge in [-0.2, -0.15) is 0 Å². The van der Waals surface area contributed by atoms with Crippen LogP contribution >= 0.6 is 12.2 Å². The van der Waals surface area contributed by atoms with Gasteiger partial charge in [-0.25, -0.2) is 4.68 Å². The minimum atomic E-state index is -0.229. The molecule has 1 unspecified atom stereocenters. The molecule has 2 N–H and O–H groups in total. The molecule has 2 heterocycles. The van der Waals surface area contributed by atoms with E-state index in [1.165, 1.54) is 0 Å². The molecule has 2 aromatic carbocycles. The smallest absolute Gasteiger partial charge is 0.221 e. The zero-order valence-electron chi connectivity index (χ0n) is 15.6. The van der Waals surface area contributed by atoms with Crippen molar-refractivity contribution in [3.05, 3.63) is 65.4 Å². The van der Waals surface area contributed by atoms with Gasteiger partial charge in [0.05, 0.1) is 12.6 Å². The highest BCUT2D eigenvalue weighted by Gasteiger charge is 2.25. The van der Waals surface area contributed by atoms with Gasteiger partial charge in [0.1, 0.15) is 0 Å². The maximum absolute atomic E-state index is 11.6. The number of carbonyl (C=O) groups is 1. The number of rotatable bonds is 5. The van der Waals surface area contributed by atoms with Crippen LogP contribution in [-0.4, -0.2) is 38.2 Å². The molecular formula is C21H23N5OS. The molecule has 1 aliphatic heterocycles. The molecule has 1 aliphatic rings. The van der Waals surface area contributed by atoms with Crippen molar-refractivity contribution >= 4 is 18.1 Å². The summed E-state index contributed by atoms with van der Waals surface area (Å²) < 4.78 is 4.47. The lowest BCUT2D eigenvalue weighted by Gasteiger charge is -2.30. The van der Waals surface area contributed by atoms with Gasteiger partial charge >= 0.3 is 0 Å². The number of nitrogens with two attached hydrogens (primary N) is 1. The Hall–Kier alpha value is -2.77. The molecule has 1 aromatic heterocycles. The van der Waals surface area contributed by atoms with Crippen LogP contribution in [0.15, 0.2) is 60.7 Å². The van der Waals surface area contributed by atoms with Crippen molar-refractivity contribution in [2.45, 2.75) is 19.5 Å². The number of hydrogen-bond acceptors (Lipinski definition) is 4. The second kappa shape index (κ2) is 8.08. The van der Waals surface area contributed by atoms with Crippen molar-refractivity contribution in [1.29, 1.82) is 0 Å². The highest BCUT2D eigenvalue weighted by Crippen LogP contribution is 2.23. The number of nitrogens with zero attached hydrogens (tertiary/aromatic N) is 4. The number of primary amides is 1. The van der Waals surface area contributed by atoms with Crippen molar-refractivity contribution in [2.24, 2.45) is 11.7 Å². The molecule has 4 rings (SSSR count). The van der Waals surface area contributed by atoms with E-state index in [0.717, 1.165) is 36.5 Å². The van der Waals surface area contributed by atoms with Crippen LogP contribution in [0.5, 0.6) is 0 Å². The molecule has 3 aromatic rings. The molecule has 28 heavy (non-hydrogen) atoms. The Labute approximate surface area is 169 Å². The van der Waals surface area contributed by atoms with Crippen LogP contribution in [0, 0.1) is 10.7 Å². The Morgan fingerprint density at radius 3 is 2.46 bits per heavy atom. The second-order valence-corrected chi connectivity index (χ2v) is 7.47. The van der Waals surface area contributed by atoms with E-state index in [4.69, 9.17) is 23.1 Å². The van der Waals surface area contributed by atoms with Crippen LogP contribution in [0.2, 0.25) is 0 Å². The van der Waals surface area contributed by atoms with E-state index in [2.05, 4.69) is 4.90 Å². The third-order valence-corrected chi connectivity index (χ3v) is 5.52. The van der Waals surface area contributed by atoms with E-state index in [1.807, 2.05) is 69.9 Å². The first-order valence-corrected chi connectivity index (χ1v) is 9.86. The lowest BCUT2D eigenvalue weighted by molar-refractivity contribution is -0.123. The number of amides is 1. The Morgan fingerprint density at radius 2 is 1.79 bits per heavy atom. The summed E-state index contributed by atoms with van der Waals surface area (Å²) in [6, 6.07) is 20.1. The van der Waals surface area contributed by atoms with Crippen LogP contribution in [0.4, 0.5) is 0 Å². The highest BCUT2D eigenvalue weighted by molar-refractivity contribution is 7.71. The number of aromatic nitrogens is 3. The molecule has 7 heteroatoms. The van der Waals surface area contributed by atoms with E-state index >= 15 is 0 Å². The molecule has 0 spiro atoms. The first kappa shape index (κ1) is 18.6. The number of piperidine rings is 1. The van der Waals surface area contributed by atoms with Crippen LogP contribution < -0.4 is 5.73 Å². The van der Waals surface area contributed by atoms with E-state index in [9.17, 15) is 4.79 Å². The molecule has 6 nitrogen and oxygen atoms in total. The largest absolute Gasteiger partial charge is 0.369 e. The minimum Gasteiger partial charge on any atom is -0.369 e. The Kier molecular flexibility index (Phi) is 5.36. The SMILES string of the molecule is NC(=O)C1CCCN(Cn2nc(-c3ccccc3)n(-c3ccccc3)c2=S)C1. The van der Waals surface area contributed by atoms with Gasteiger partial charge < -0.3 is 5.73 Å². The number of likely N-dealkylation sites (tertiary alicyclic amines) is 1. The predicted molar refractivity (Wildman–Crippen MR) is 111 cm³/mol. The fourth-order valence-corrected chi connectivity index (χ4v) is 3.98. The maximum atomic E-state index is 11.6. The summed E-state index contributed by atoms with van der Waals surface area (Å²) in [4.78, 5) is 13.8. The van der Waals surface area contributed by atoms with Crippen LogP contribution in [0.1, 0.15) is 12.8 Å². The van der Waals surface area contributed by atoms with Gasteiger partial charge in [0, 0.05) is 17.8 Å². The average Bonchev–Trinajstić information content (AvgIpc) is 3.05. The summed E-state index contributed by atoms with van der Waals surface area (Å²) in [6.07, 6.45) is 1.80. The highest BCUT2D eigenvalue weighted by atomic mass is 32.1. The maximum Gasteiger partial charge on any atom is 0.221 e. The van der Waals surface area contributed by atoms with Crippen LogP contribution in [0.3, 0.4) is 0 Å². The fourth-order valence-electron chi connectivity index (χ4n) is 3.69. The standard InChI is InChI=1S/C21H23N5OS/c22-19(27)17-10-7-13-24(14-17)15-25-21(28)26(18-11-5-2-6-12-18)20(23-25)16-8-3-1-4-9-16/h1-6,8-9,11-12,17H,7,10,13-15H2,(H2,22,27). The molecule has 144 valence electrons. The van der Waals surface area contributed by atoms with Gasteiger partial charge in [-0.05, 0) is 43.7 Å². The second-order valence-electron chi connectivity index (χ2n) is 7.10. The van der Waals surface area contributed by atoms with Crippen molar-refractivity contribution in [1.82, 2.24) is 19.2 Å². The number of benzene rings is 2. The predicted octanol–water partition coefficient (Wildman–Crippen LogP) is 3.23. The van der Waals surface area contributed by atoms with E-state index in [-0.39, 0.29) is 11.8 Å². The van der Waals surface area contributed by atoms with Crippen molar-refractivity contribution < 1.29 is 4.79 Å². The monoisotopic (exact) mass is 393 g/mol. The zero-order valence-corrected chi connectivity index (χ0v) is 16.4. The lowest BCUT2D eigenvalue weighted by atomic mass is 9.98. The molecule has 0 saturated carbocycles. The molecule has 1 fully saturated rings. The number of carbonyl (C=O) groups excluding carboxylic acids is 1. The molecule has 0 bridgehead atoms. The average molecular weight is 394 g/mol. The molecule has 0 aliphatic carbocycles. The normalized spacial score (nSPS) is 17.5. The van der Waals surface area contributed by atoms with E-state index < -0.39 is 0 Å². The van der Waals surface area contributed by atoms with Gasteiger partial charge in [-0.15, -0.1) is 5.10 Å². The molecular weight excluding hydrogens is 370 g/mol. The van der Waals surface area contributed by atoms with E-state index in [1.54, 1.807) is 0 Å². The van der Waals surface area contributed by atoms with Gasteiger partial charge in [0.15, 0.2) is 5.82 Å². The summed E-state index contributed by atoms with van der Waals surface area (Å²) in [5, 5.41) is 4.84. The Balaban J connectivity index is 1.72. The van der Waals surface area contributed by atoms with Crippen molar-refractivity contribution in [3.63, 3.8) is 0 Å². The van der Waals surface area contributed by atoms with Gasteiger partial charge in [-0.3, -0.25) is 14.3 Å². The van der Waals surface area contributed by atoms with Crippen LogP contribution in [-0.2, 0) is 11.5 Å². The quantitative estimate of drug-likeness (QED) is 0.676. The van der Waals surface area contributed by atoms with Crippen LogP contribution in [0.25, 0.3) is 17.1 Å². The summed E-state index contributed by atoms with van der Waals surface area (Å²) in [5.41, 5.74) is 7.50. The van der Waals surface area contributed by atoms with Crippen molar-refractivity contribution in [3.8, 4) is 17.1 Å². The van der Waals surface area contributed by atoms with Crippen molar-refractivity contribution in [2.75, 3.05) is 13.1 Å². The van der Waals surface area contributed by atoms with Gasteiger partial charge in [-0.1, -0.05) is 48.5 Å². The summed E-state index contributed by atoms with van der Waals surface area (Å²) in [5.74, 6) is 0.473. The zero-order chi connectivity index (χ0) is 19.5. The summed E-state index contributed by atoms with van der Waals surface area (Å²) >= 11 is 5.79. The summed E-state index contributed by atoms with van der Waals surface area (Å²) in [7, 11) is 0. The lowest BCUT2D eigenvalue weighted by Crippen LogP contribution is -2.42. The van der Waals surface area contributed by atoms with E-state index in [0.29, 0.717) is 18.0 Å².